The van der Waals surface area contributed by atoms with Crippen LogP contribution in [-0.2, 0) is 10.0 Å². The SMILES string of the molecule is CC[C@H](CO)NS(=O)(=O)c1ccc(Cl)c(F)c1Cl. The molecule has 2 N–H and O–H groups in total. The topological polar surface area (TPSA) is 66.4 Å². The minimum atomic E-state index is -3.99. The lowest BCUT2D eigenvalue weighted by molar-refractivity contribution is 0.254. The van der Waals surface area contributed by atoms with Crippen LogP contribution in [-0.4, -0.2) is 26.2 Å². The van der Waals surface area contributed by atoms with E-state index in [-0.39, 0.29) is 11.6 Å². The second kappa shape index (κ2) is 6.16. The molecule has 0 bridgehead atoms. The summed E-state index contributed by atoms with van der Waals surface area (Å²) in [4.78, 5) is -0.405. The maximum atomic E-state index is 13.4. The molecule has 0 spiro atoms. The smallest absolute Gasteiger partial charge is 0.242 e. The molecule has 0 aliphatic carbocycles. The Bertz CT molecular complexity index is 532. The molecule has 0 fully saturated rings. The molecule has 0 aliphatic heterocycles. The second-order valence-electron chi connectivity index (χ2n) is 3.58. The Balaban J connectivity index is 3.17. The van der Waals surface area contributed by atoms with Gasteiger partial charge in [0.25, 0.3) is 0 Å². The Morgan fingerprint density at radius 3 is 2.56 bits per heavy atom. The van der Waals surface area contributed by atoms with Crippen molar-refractivity contribution in [2.24, 2.45) is 0 Å². The Morgan fingerprint density at radius 2 is 2.06 bits per heavy atom. The van der Waals surface area contributed by atoms with Crippen LogP contribution in [0.3, 0.4) is 0 Å². The molecule has 0 heterocycles. The largest absolute Gasteiger partial charge is 0.395 e. The number of hydrogen-bond acceptors (Lipinski definition) is 3. The van der Waals surface area contributed by atoms with Crippen LogP contribution in [0.2, 0.25) is 10.0 Å². The van der Waals surface area contributed by atoms with Crippen molar-refractivity contribution < 1.29 is 17.9 Å². The highest BCUT2D eigenvalue weighted by molar-refractivity contribution is 7.89. The van der Waals surface area contributed by atoms with Crippen molar-refractivity contribution in [3.8, 4) is 0 Å². The average Bonchev–Trinajstić information content (AvgIpc) is 2.32. The van der Waals surface area contributed by atoms with Crippen molar-refractivity contribution in [1.29, 1.82) is 0 Å². The third-order valence-electron chi connectivity index (χ3n) is 2.32. The zero-order valence-electron chi connectivity index (χ0n) is 9.45. The first-order valence-electron chi connectivity index (χ1n) is 5.10. The molecule has 0 saturated heterocycles. The van der Waals surface area contributed by atoms with Gasteiger partial charge in [0.15, 0.2) is 5.82 Å². The van der Waals surface area contributed by atoms with Crippen LogP contribution in [0.15, 0.2) is 17.0 Å². The molecule has 0 aromatic heterocycles. The zero-order chi connectivity index (χ0) is 13.9. The van der Waals surface area contributed by atoms with E-state index in [0.717, 1.165) is 12.1 Å². The summed E-state index contributed by atoms with van der Waals surface area (Å²) >= 11 is 11.1. The van der Waals surface area contributed by atoms with E-state index in [1.54, 1.807) is 6.92 Å². The molecule has 0 aliphatic rings. The van der Waals surface area contributed by atoms with Gasteiger partial charge in [-0.3, -0.25) is 0 Å². The predicted octanol–water partition coefficient (Wildman–Crippen LogP) is 2.18. The first kappa shape index (κ1) is 15.7. The molecule has 1 atom stereocenters. The van der Waals surface area contributed by atoms with Gasteiger partial charge in [-0.15, -0.1) is 0 Å². The molecule has 1 aromatic carbocycles. The van der Waals surface area contributed by atoms with Crippen LogP contribution in [0.4, 0.5) is 4.39 Å². The highest BCUT2D eigenvalue weighted by Crippen LogP contribution is 2.29. The van der Waals surface area contributed by atoms with Gasteiger partial charge >= 0.3 is 0 Å². The summed E-state index contributed by atoms with van der Waals surface area (Å²) < 4.78 is 39.5. The summed E-state index contributed by atoms with van der Waals surface area (Å²) in [5.41, 5.74) is 0. The van der Waals surface area contributed by atoms with Gasteiger partial charge in [-0.1, -0.05) is 30.1 Å². The first-order chi connectivity index (χ1) is 8.33. The third kappa shape index (κ3) is 3.33. The first-order valence-corrected chi connectivity index (χ1v) is 7.34. The molecule has 18 heavy (non-hydrogen) atoms. The lowest BCUT2D eigenvalue weighted by atomic mass is 10.3. The van der Waals surface area contributed by atoms with E-state index in [9.17, 15) is 12.8 Å². The summed E-state index contributed by atoms with van der Waals surface area (Å²) in [5, 5.41) is 8.13. The lowest BCUT2D eigenvalue weighted by Gasteiger charge is -2.15. The normalized spacial score (nSPS) is 13.6. The average molecular weight is 316 g/mol. The van der Waals surface area contributed by atoms with Crippen molar-refractivity contribution >= 4 is 33.2 Å². The van der Waals surface area contributed by atoms with Gasteiger partial charge < -0.3 is 5.11 Å². The van der Waals surface area contributed by atoms with Crippen molar-refractivity contribution in [2.45, 2.75) is 24.3 Å². The molecule has 1 rings (SSSR count). The summed E-state index contributed by atoms with van der Waals surface area (Å²) in [6.45, 7) is 1.34. The molecule has 0 amide bonds. The predicted molar refractivity (Wildman–Crippen MR) is 67.9 cm³/mol. The minimum Gasteiger partial charge on any atom is -0.395 e. The fourth-order valence-electron chi connectivity index (χ4n) is 1.25. The molecular formula is C10H12Cl2FNO3S. The van der Waals surface area contributed by atoms with Crippen molar-refractivity contribution in [3.05, 3.63) is 28.0 Å². The van der Waals surface area contributed by atoms with E-state index in [2.05, 4.69) is 4.72 Å². The zero-order valence-corrected chi connectivity index (χ0v) is 11.8. The van der Waals surface area contributed by atoms with Gasteiger partial charge in [0.1, 0.15) is 4.90 Å². The maximum Gasteiger partial charge on any atom is 0.242 e. The van der Waals surface area contributed by atoms with Crippen LogP contribution in [0.1, 0.15) is 13.3 Å². The molecule has 0 saturated carbocycles. The summed E-state index contributed by atoms with van der Waals surface area (Å²) in [6, 6.07) is 1.57. The van der Waals surface area contributed by atoms with E-state index >= 15 is 0 Å². The fraction of sp³-hybridized carbons (Fsp3) is 0.400. The van der Waals surface area contributed by atoms with E-state index in [4.69, 9.17) is 28.3 Å². The quantitative estimate of drug-likeness (QED) is 0.818. The van der Waals surface area contributed by atoms with Gasteiger partial charge in [0, 0.05) is 6.04 Å². The molecule has 102 valence electrons. The van der Waals surface area contributed by atoms with Crippen molar-refractivity contribution in [1.82, 2.24) is 4.72 Å². The van der Waals surface area contributed by atoms with Gasteiger partial charge in [-0.2, -0.15) is 0 Å². The Kier molecular flexibility index (Phi) is 5.36. The third-order valence-corrected chi connectivity index (χ3v) is 4.66. The monoisotopic (exact) mass is 315 g/mol. The summed E-state index contributed by atoms with van der Waals surface area (Å²) in [6.07, 6.45) is 0.392. The molecule has 4 nitrogen and oxygen atoms in total. The molecular weight excluding hydrogens is 304 g/mol. The number of halogens is 3. The minimum absolute atomic E-state index is 0.256. The van der Waals surface area contributed by atoms with Crippen LogP contribution in [0.5, 0.6) is 0 Å². The van der Waals surface area contributed by atoms with Gasteiger partial charge in [0.05, 0.1) is 16.7 Å². The van der Waals surface area contributed by atoms with Crippen LogP contribution in [0.25, 0.3) is 0 Å². The highest BCUT2D eigenvalue weighted by atomic mass is 35.5. The molecule has 0 unspecified atom stereocenters. The van der Waals surface area contributed by atoms with E-state index < -0.39 is 31.8 Å². The van der Waals surface area contributed by atoms with Crippen LogP contribution < -0.4 is 4.72 Å². The molecule has 0 radical (unpaired) electrons. The van der Waals surface area contributed by atoms with E-state index in [1.165, 1.54) is 0 Å². The molecule has 1 aromatic rings. The summed E-state index contributed by atoms with van der Waals surface area (Å²) in [5.74, 6) is -0.988. The van der Waals surface area contributed by atoms with E-state index in [0.29, 0.717) is 6.42 Å². The Morgan fingerprint density at radius 1 is 1.44 bits per heavy atom. The van der Waals surface area contributed by atoms with Gasteiger partial charge in [-0.25, -0.2) is 17.5 Å². The van der Waals surface area contributed by atoms with Crippen molar-refractivity contribution in [3.63, 3.8) is 0 Å². The Hall–Kier alpha value is -0.400. The number of hydrogen-bond donors (Lipinski definition) is 2. The second-order valence-corrected chi connectivity index (χ2v) is 6.05. The standard InChI is InChI=1S/C10H12Cl2FNO3S/c1-2-6(5-15)14-18(16,17)8-4-3-7(11)10(13)9(8)12/h3-4,6,14-15H,2,5H2,1H3/t6-/m1/s1. The molecule has 8 heteroatoms. The van der Waals surface area contributed by atoms with Crippen LogP contribution >= 0.6 is 23.2 Å². The summed E-state index contributed by atoms with van der Waals surface area (Å²) in [7, 11) is -3.99. The van der Waals surface area contributed by atoms with Crippen molar-refractivity contribution in [2.75, 3.05) is 6.61 Å². The Labute approximate surface area is 115 Å². The van der Waals surface area contributed by atoms with Crippen LogP contribution in [0, 0.1) is 5.82 Å². The number of rotatable bonds is 5. The number of aliphatic hydroxyl groups excluding tert-OH is 1. The number of aliphatic hydroxyl groups is 1. The van der Waals surface area contributed by atoms with E-state index in [1.807, 2.05) is 0 Å². The lowest BCUT2D eigenvalue weighted by Crippen LogP contribution is -2.37. The number of benzene rings is 1. The van der Waals surface area contributed by atoms with Gasteiger partial charge in [-0.05, 0) is 18.6 Å². The number of sulfonamides is 1. The maximum absolute atomic E-state index is 13.4. The van der Waals surface area contributed by atoms with Gasteiger partial charge in [0.2, 0.25) is 10.0 Å². The fourth-order valence-corrected chi connectivity index (χ4v) is 3.30. The number of nitrogens with one attached hydrogen (secondary N) is 1. The highest BCUT2D eigenvalue weighted by Gasteiger charge is 2.24.